The molecule has 0 aliphatic heterocycles. The van der Waals surface area contributed by atoms with Gasteiger partial charge in [-0.05, 0) is 56.3 Å². The number of hydrogen-bond acceptors (Lipinski definition) is 7. The van der Waals surface area contributed by atoms with Crippen molar-refractivity contribution in [3.8, 4) is 17.2 Å². The second-order valence-corrected chi connectivity index (χ2v) is 10.7. The molecule has 0 radical (unpaired) electrons. The maximum Gasteiger partial charge on any atom is 0.264 e. The summed E-state index contributed by atoms with van der Waals surface area (Å²) in [5, 5.41) is 2.49. The van der Waals surface area contributed by atoms with Crippen molar-refractivity contribution in [1.29, 1.82) is 0 Å². The van der Waals surface area contributed by atoms with Gasteiger partial charge in [0.2, 0.25) is 11.8 Å². The summed E-state index contributed by atoms with van der Waals surface area (Å²) in [4.78, 5) is 27.4. The molecule has 0 heterocycles. The van der Waals surface area contributed by atoms with Gasteiger partial charge in [-0.15, -0.1) is 0 Å². The lowest BCUT2D eigenvalue weighted by molar-refractivity contribution is -0.139. The number of carbonyl (C=O) groups is 2. The molecule has 12 heteroatoms. The molecule has 0 saturated carbocycles. The van der Waals surface area contributed by atoms with Gasteiger partial charge in [-0.2, -0.15) is 0 Å². The molecule has 0 bridgehead atoms. The molecule has 0 aliphatic carbocycles. The van der Waals surface area contributed by atoms with E-state index in [2.05, 4.69) is 5.32 Å². The number of halogens is 1. The molecule has 1 atom stereocenters. The first-order valence-electron chi connectivity index (χ1n) is 12.8. The number of anilines is 1. The van der Waals surface area contributed by atoms with Crippen molar-refractivity contribution in [3.63, 3.8) is 0 Å². The van der Waals surface area contributed by atoms with Gasteiger partial charge in [-0.1, -0.05) is 18.2 Å². The molecule has 3 aromatic carbocycles. The zero-order chi connectivity index (χ0) is 30.2. The van der Waals surface area contributed by atoms with Crippen LogP contribution >= 0.6 is 0 Å². The van der Waals surface area contributed by atoms with Crippen molar-refractivity contribution in [2.24, 2.45) is 0 Å². The first kappa shape index (κ1) is 31.2. The minimum absolute atomic E-state index is 0.156. The average molecular weight is 588 g/mol. The van der Waals surface area contributed by atoms with E-state index in [1.165, 1.54) is 76.7 Å². The van der Waals surface area contributed by atoms with Gasteiger partial charge in [0.25, 0.3) is 10.0 Å². The summed E-state index contributed by atoms with van der Waals surface area (Å²) in [5.41, 5.74) is 0.349. The number of methoxy groups -OCH3 is 2. The number of ether oxygens (including phenoxy) is 3. The van der Waals surface area contributed by atoms with Crippen LogP contribution in [0.5, 0.6) is 17.2 Å². The molecule has 0 fully saturated rings. The van der Waals surface area contributed by atoms with Crippen LogP contribution in [0.25, 0.3) is 0 Å². The molecule has 10 nitrogen and oxygen atoms in total. The number of amides is 2. The summed E-state index contributed by atoms with van der Waals surface area (Å²) < 4.78 is 59.5. The van der Waals surface area contributed by atoms with E-state index in [9.17, 15) is 22.4 Å². The molecule has 1 N–H and O–H groups in total. The topological polar surface area (TPSA) is 114 Å². The minimum Gasteiger partial charge on any atom is -0.494 e. The third kappa shape index (κ3) is 7.26. The summed E-state index contributed by atoms with van der Waals surface area (Å²) in [6.45, 7) is 2.78. The van der Waals surface area contributed by atoms with E-state index in [0.717, 1.165) is 9.21 Å². The van der Waals surface area contributed by atoms with Crippen LogP contribution in [-0.4, -0.2) is 65.6 Å². The molecule has 0 unspecified atom stereocenters. The van der Waals surface area contributed by atoms with Crippen molar-refractivity contribution < 1.29 is 36.6 Å². The van der Waals surface area contributed by atoms with Crippen LogP contribution in [0.1, 0.15) is 19.4 Å². The lowest BCUT2D eigenvalue weighted by atomic mass is 10.1. The molecular weight excluding hydrogens is 553 g/mol. The van der Waals surface area contributed by atoms with Crippen molar-refractivity contribution in [3.05, 3.63) is 78.1 Å². The Labute approximate surface area is 239 Å². The Kier molecular flexibility index (Phi) is 10.5. The molecule has 3 aromatic rings. The van der Waals surface area contributed by atoms with Crippen molar-refractivity contribution in [2.75, 3.05) is 38.7 Å². The second-order valence-electron chi connectivity index (χ2n) is 8.86. The third-order valence-electron chi connectivity index (χ3n) is 6.37. The Balaban J connectivity index is 2.09. The zero-order valence-electron chi connectivity index (χ0n) is 23.6. The first-order valence-corrected chi connectivity index (χ1v) is 14.2. The number of sulfonamides is 1. The van der Waals surface area contributed by atoms with Crippen LogP contribution in [0, 0.1) is 5.82 Å². The Bertz CT molecular complexity index is 1470. The number of carbonyl (C=O) groups excluding carboxylic acids is 2. The van der Waals surface area contributed by atoms with E-state index in [4.69, 9.17) is 14.2 Å². The van der Waals surface area contributed by atoms with E-state index in [-0.39, 0.29) is 28.4 Å². The molecule has 3 rings (SSSR count). The first-order chi connectivity index (χ1) is 19.6. The normalized spacial score (nSPS) is 11.8. The highest BCUT2D eigenvalue weighted by molar-refractivity contribution is 7.92. The lowest BCUT2D eigenvalue weighted by Gasteiger charge is -2.32. The predicted molar refractivity (Wildman–Crippen MR) is 152 cm³/mol. The fourth-order valence-electron chi connectivity index (χ4n) is 4.11. The third-order valence-corrected chi connectivity index (χ3v) is 8.14. The molecule has 0 spiro atoms. The Morgan fingerprint density at radius 1 is 0.976 bits per heavy atom. The van der Waals surface area contributed by atoms with E-state index < -0.39 is 40.2 Å². The summed E-state index contributed by atoms with van der Waals surface area (Å²) in [6.07, 6.45) is 0. The standard InChI is InChI=1S/C29H34FN3O7S/c1-6-40-23-13-11-22(12-14-23)33(41(36,37)24-15-16-26(38-4)27(17-24)39-5)19-28(34)32(20(2)29(35)31-3)18-21-9-7-8-10-25(21)30/h7-17,20H,6,18-19H2,1-5H3,(H,31,35)/t20-/m1/s1. The van der Waals surface area contributed by atoms with Gasteiger partial charge in [-0.3, -0.25) is 13.9 Å². The predicted octanol–water partition coefficient (Wildman–Crippen LogP) is 3.60. The van der Waals surface area contributed by atoms with Gasteiger partial charge in [0, 0.05) is 25.2 Å². The van der Waals surface area contributed by atoms with Gasteiger partial charge in [0.1, 0.15) is 24.2 Å². The van der Waals surface area contributed by atoms with E-state index in [1.807, 2.05) is 6.92 Å². The van der Waals surface area contributed by atoms with E-state index in [0.29, 0.717) is 18.1 Å². The fourth-order valence-corrected chi connectivity index (χ4v) is 5.54. The number of likely N-dealkylation sites (N-methyl/N-ethyl adjacent to an activating group) is 1. The Morgan fingerprint density at radius 3 is 2.22 bits per heavy atom. The molecule has 0 aromatic heterocycles. The summed E-state index contributed by atoms with van der Waals surface area (Å²) >= 11 is 0. The Hall–Kier alpha value is -4.32. The van der Waals surface area contributed by atoms with E-state index in [1.54, 1.807) is 18.2 Å². The zero-order valence-corrected chi connectivity index (χ0v) is 24.4. The maximum absolute atomic E-state index is 14.6. The molecule has 0 saturated heterocycles. The quantitative estimate of drug-likeness (QED) is 0.325. The van der Waals surface area contributed by atoms with Gasteiger partial charge < -0.3 is 24.4 Å². The minimum atomic E-state index is -4.36. The van der Waals surface area contributed by atoms with Gasteiger partial charge in [0.15, 0.2) is 11.5 Å². The molecule has 0 aliphatic rings. The number of hydrogen-bond donors (Lipinski definition) is 1. The molecule has 41 heavy (non-hydrogen) atoms. The number of rotatable bonds is 13. The molecule has 2 amide bonds. The number of benzene rings is 3. The van der Waals surface area contributed by atoms with E-state index >= 15 is 0 Å². The van der Waals surface area contributed by atoms with Crippen molar-refractivity contribution in [2.45, 2.75) is 31.3 Å². The SMILES string of the molecule is CCOc1ccc(N(CC(=O)N(Cc2ccccc2F)[C@H](C)C(=O)NC)S(=O)(=O)c2ccc(OC)c(OC)c2)cc1. The van der Waals surface area contributed by atoms with Crippen LogP contribution in [0.15, 0.2) is 71.6 Å². The van der Waals surface area contributed by atoms with Gasteiger partial charge >= 0.3 is 0 Å². The number of nitrogens with one attached hydrogen (secondary N) is 1. The van der Waals surface area contributed by atoms with Crippen LogP contribution in [-0.2, 0) is 26.2 Å². The highest BCUT2D eigenvalue weighted by Crippen LogP contribution is 2.33. The fraction of sp³-hybridized carbons (Fsp3) is 0.310. The second kappa shape index (κ2) is 13.8. The van der Waals surface area contributed by atoms with Gasteiger partial charge in [0.05, 0.1) is 31.4 Å². The van der Waals surface area contributed by atoms with Crippen LogP contribution in [0.3, 0.4) is 0 Å². The monoisotopic (exact) mass is 587 g/mol. The maximum atomic E-state index is 14.6. The largest absolute Gasteiger partial charge is 0.494 e. The molecular formula is C29H34FN3O7S. The highest BCUT2D eigenvalue weighted by atomic mass is 32.2. The Morgan fingerprint density at radius 2 is 1.63 bits per heavy atom. The van der Waals surface area contributed by atoms with Crippen molar-refractivity contribution in [1.82, 2.24) is 10.2 Å². The molecule has 220 valence electrons. The van der Waals surface area contributed by atoms with Gasteiger partial charge in [-0.25, -0.2) is 12.8 Å². The van der Waals surface area contributed by atoms with Crippen LogP contribution in [0.2, 0.25) is 0 Å². The summed E-state index contributed by atoms with van der Waals surface area (Å²) in [5.74, 6) is -0.755. The summed E-state index contributed by atoms with van der Waals surface area (Å²) in [7, 11) is -0.145. The van der Waals surface area contributed by atoms with Crippen LogP contribution < -0.4 is 23.8 Å². The van der Waals surface area contributed by atoms with Crippen LogP contribution in [0.4, 0.5) is 10.1 Å². The lowest BCUT2D eigenvalue weighted by Crippen LogP contribution is -2.50. The summed E-state index contributed by atoms with van der Waals surface area (Å²) in [6, 6.07) is 15.1. The smallest absolute Gasteiger partial charge is 0.264 e. The number of nitrogens with zero attached hydrogens (tertiary/aromatic N) is 2. The highest BCUT2D eigenvalue weighted by Gasteiger charge is 2.33. The van der Waals surface area contributed by atoms with Crippen molar-refractivity contribution >= 4 is 27.5 Å². The average Bonchev–Trinajstić information content (AvgIpc) is 2.98.